The first kappa shape index (κ1) is 11.5. The molecule has 1 atom stereocenters. The lowest BCUT2D eigenvalue weighted by molar-refractivity contribution is 0.591. The highest BCUT2D eigenvalue weighted by Gasteiger charge is 2.08. The van der Waals surface area contributed by atoms with E-state index < -0.39 is 0 Å². The van der Waals surface area contributed by atoms with Crippen LogP contribution in [0, 0.1) is 0 Å². The maximum absolute atomic E-state index is 5.99. The van der Waals surface area contributed by atoms with Crippen molar-refractivity contribution in [2.75, 3.05) is 7.05 Å². The molecular weight excluding hydrogens is 220 g/mol. The highest BCUT2D eigenvalue weighted by molar-refractivity contribution is 6.31. The van der Waals surface area contributed by atoms with Crippen LogP contribution in [0.15, 0.2) is 24.3 Å². The molecule has 0 radical (unpaired) electrons. The van der Waals surface area contributed by atoms with Gasteiger partial charge in [0.25, 0.3) is 0 Å². The van der Waals surface area contributed by atoms with Gasteiger partial charge in [-0.3, -0.25) is 0 Å². The highest BCUT2D eigenvalue weighted by Crippen LogP contribution is 2.23. The van der Waals surface area contributed by atoms with Gasteiger partial charge in [-0.1, -0.05) is 11.6 Å². The monoisotopic (exact) mass is 236 g/mol. The molecule has 86 valence electrons. The van der Waals surface area contributed by atoms with Crippen molar-refractivity contribution in [3.8, 4) is 0 Å². The Balaban J connectivity index is 2.43. The lowest BCUT2D eigenvalue weighted by atomic mass is 10.2. The second kappa shape index (κ2) is 4.48. The number of hydrogen-bond donors (Lipinski definition) is 1. The predicted molar refractivity (Wildman–Crippen MR) is 70.2 cm³/mol. The lowest BCUT2D eigenvalue weighted by Crippen LogP contribution is -2.24. The zero-order valence-electron chi connectivity index (χ0n) is 9.92. The first-order valence-electron chi connectivity index (χ1n) is 5.53. The summed E-state index contributed by atoms with van der Waals surface area (Å²) in [5.41, 5.74) is 2.57. The molecule has 0 fully saturated rings. The summed E-state index contributed by atoms with van der Waals surface area (Å²) >= 11 is 5.99. The predicted octanol–water partition coefficient (Wildman–Crippen LogP) is 2.98. The van der Waals surface area contributed by atoms with Gasteiger partial charge in [0.05, 0.1) is 0 Å². The lowest BCUT2D eigenvalue weighted by Gasteiger charge is -2.10. The summed E-state index contributed by atoms with van der Waals surface area (Å²) in [6, 6.07) is 8.73. The molecule has 2 nitrogen and oxygen atoms in total. The topological polar surface area (TPSA) is 17.0 Å². The second-order valence-electron chi connectivity index (χ2n) is 4.29. The van der Waals surface area contributed by atoms with Gasteiger partial charge in [0, 0.05) is 41.1 Å². The van der Waals surface area contributed by atoms with Gasteiger partial charge >= 0.3 is 0 Å². The zero-order chi connectivity index (χ0) is 11.7. The van der Waals surface area contributed by atoms with E-state index in [2.05, 4.69) is 36.0 Å². The van der Waals surface area contributed by atoms with Crippen LogP contribution in [0.25, 0.3) is 10.9 Å². The molecule has 1 heterocycles. The van der Waals surface area contributed by atoms with Gasteiger partial charge in [-0.05, 0) is 38.2 Å². The van der Waals surface area contributed by atoms with Crippen LogP contribution in [0.3, 0.4) is 0 Å². The Labute approximate surface area is 101 Å². The quantitative estimate of drug-likeness (QED) is 0.867. The highest BCUT2D eigenvalue weighted by atomic mass is 35.5. The van der Waals surface area contributed by atoms with Gasteiger partial charge in [0.15, 0.2) is 0 Å². The third-order valence-electron chi connectivity index (χ3n) is 3.11. The molecule has 1 N–H and O–H groups in total. The average Bonchev–Trinajstić information content (AvgIpc) is 2.55. The third kappa shape index (κ3) is 2.08. The summed E-state index contributed by atoms with van der Waals surface area (Å²) in [6.45, 7) is 2.19. The molecule has 1 unspecified atom stereocenters. The molecule has 1 aromatic carbocycles. The van der Waals surface area contributed by atoms with Crippen LogP contribution in [0.2, 0.25) is 5.02 Å². The number of hydrogen-bond acceptors (Lipinski definition) is 1. The van der Waals surface area contributed by atoms with Crippen LogP contribution in [-0.2, 0) is 13.5 Å². The molecule has 0 amide bonds. The number of aromatic nitrogens is 1. The number of likely N-dealkylation sites (N-methyl/N-ethyl adjacent to an activating group) is 1. The standard InChI is InChI=1S/C13H17ClN2/c1-9(15-2)6-12-8-10-7-11(14)4-5-13(10)16(12)3/h4-5,7-9,15H,6H2,1-3H3. The minimum absolute atomic E-state index is 0.485. The molecule has 0 saturated heterocycles. The number of fused-ring (bicyclic) bond motifs is 1. The Morgan fingerprint density at radius 3 is 2.81 bits per heavy atom. The minimum Gasteiger partial charge on any atom is -0.348 e. The maximum Gasteiger partial charge on any atom is 0.0480 e. The molecule has 2 aromatic rings. The summed E-state index contributed by atoms with van der Waals surface area (Å²) in [5, 5.41) is 5.27. The molecule has 1 aromatic heterocycles. The van der Waals surface area contributed by atoms with Gasteiger partial charge < -0.3 is 9.88 Å². The summed E-state index contributed by atoms with van der Waals surface area (Å²) in [5.74, 6) is 0. The van der Waals surface area contributed by atoms with E-state index in [4.69, 9.17) is 11.6 Å². The van der Waals surface area contributed by atoms with E-state index in [1.54, 1.807) is 0 Å². The second-order valence-corrected chi connectivity index (χ2v) is 4.73. The van der Waals surface area contributed by atoms with Crippen LogP contribution in [-0.4, -0.2) is 17.7 Å². The molecule has 0 aliphatic rings. The molecule has 2 rings (SSSR count). The Bertz CT molecular complexity index is 502. The fraction of sp³-hybridized carbons (Fsp3) is 0.385. The smallest absolute Gasteiger partial charge is 0.0480 e. The number of nitrogens with zero attached hydrogens (tertiary/aromatic N) is 1. The Hall–Kier alpha value is -0.990. The van der Waals surface area contributed by atoms with Crippen LogP contribution in [0.1, 0.15) is 12.6 Å². The van der Waals surface area contributed by atoms with Gasteiger partial charge in [0.2, 0.25) is 0 Å². The normalized spacial score (nSPS) is 13.2. The van der Waals surface area contributed by atoms with Crippen molar-refractivity contribution < 1.29 is 0 Å². The van der Waals surface area contributed by atoms with Gasteiger partial charge in [0.1, 0.15) is 0 Å². The van der Waals surface area contributed by atoms with Crippen molar-refractivity contribution in [3.05, 3.63) is 35.0 Å². The van der Waals surface area contributed by atoms with Crippen molar-refractivity contribution in [2.45, 2.75) is 19.4 Å². The Morgan fingerprint density at radius 1 is 1.38 bits per heavy atom. The molecule has 0 aliphatic heterocycles. The average molecular weight is 237 g/mol. The largest absolute Gasteiger partial charge is 0.348 e. The zero-order valence-corrected chi connectivity index (χ0v) is 10.7. The number of benzene rings is 1. The van der Waals surface area contributed by atoms with Gasteiger partial charge in [-0.2, -0.15) is 0 Å². The first-order valence-corrected chi connectivity index (χ1v) is 5.90. The van der Waals surface area contributed by atoms with Crippen LogP contribution < -0.4 is 5.32 Å². The molecule has 0 spiro atoms. The Kier molecular flexibility index (Phi) is 3.22. The van der Waals surface area contributed by atoms with E-state index in [0.29, 0.717) is 6.04 Å². The summed E-state index contributed by atoms with van der Waals surface area (Å²) in [6.07, 6.45) is 1.03. The fourth-order valence-corrected chi connectivity index (χ4v) is 2.17. The Morgan fingerprint density at radius 2 is 2.12 bits per heavy atom. The summed E-state index contributed by atoms with van der Waals surface area (Å²) in [7, 11) is 4.10. The van der Waals surface area contributed by atoms with E-state index in [1.165, 1.54) is 16.6 Å². The van der Waals surface area contributed by atoms with E-state index >= 15 is 0 Å². The van der Waals surface area contributed by atoms with E-state index in [1.807, 2.05) is 19.2 Å². The van der Waals surface area contributed by atoms with Crippen molar-refractivity contribution in [1.82, 2.24) is 9.88 Å². The van der Waals surface area contributed by atoms with Crippen LogP contribution in [0.4, 0.5) is 0 Å². The van der Waals surface area contributed by atoms with Gasteiger partial charge in [-0.15, -0.1) is 0 Å². The minimum atomic E-state index is 0.485. The molecule has 0 aliphatic carbocycles. The molecule has 0 saturated carbocycles. The maximum atomic E-state index is 5.99. The molecule has 0 bridgehead atoms. The fourth-order valence-electron chi connectivity index (χ4n) is 1.99. The number of halogens is 1. The molecular formula is C13H17ClN2. The van der Waals surface area contributed by atoms with Crippen LogP contribution in [0.5, 0.6) is 0 Å². The number of nitrogens with one attached hydrogen (secondary N) is 1. The van der Waals surface area contributed by atoms with E-state index in [-0.39, 0.29) is 0 Å². The number of rotatable bonds is 3. The molecule has 16 heavy (non-hydrogen) atoms. The van der Waals surface area contributed by atoms with Gasteiger partial charge in [-0.25, -0.2) is 0 Å². The first-order chi connectivity index (χ1) is 7.61. The van der Waals surface area contributed by atoms with Crippen molar-refractivity contribution in [3.63, 3.8) is 0 Å². The molecule has 3 heteroatoms. The summed E-state index contributed by atoms with van der Waals surface area (Å²) in [4.78, 5) is 0. The third-order valence-corrected chi connectivity index (χ3v) is 3.35. The van der Waals surface area contributed by atoms with Crippen molar-refractivity contribution in [2.24, 2.45) is 7.05 Å². The van der Waals surface area contributed by atoms with E-state index in [0.717, 1.165) is 11.4 Å². The van der Waals surface area contributed by atoms with E-state index in [9.17, 15) is 0 Å². The SMILES string of the molecule is CNC(C)Cc1cc2cc(Cl)ccc2n1C. The van der Waals surface area contributed by atoms with Crippen LogP contribution >= 0.6 is 11.6 Å². The van der Waals surface area contributed by atoms with Crippen molar-refractivity contribution in [1.29, 1.82) is 0 Å². The number of aryl methyl sites for hydroxylation is 1. The van der Waals surface area contributed by atoms with Crippen molar-refractivity contribution >= 4 is 22.5 Å². The summed E-state index contributed by atoms with van der Waals surface area (Å²) < 4.78 is 2.24.